The lowest BCUT2D eigenvalue weighted by Crippen LogP contribution is -2.38. The Morgan fingerprint density at radius 2 is 1.88 bits per heavy atom. The molecule has 1 N–H and O–H groups in total. The lowest BCUT2D eigenvalue weighted by atomic mass is 9.82. The summed E-state index contributed by atoms with van der Waals surface area (Å²) in [6.45, 7) is 2.41. The number of amides is 1. The number of rotatable bonds is 7. The van der Waals surface area contributed by atoms with Gasteiger partial charge in [-0.25, -0.2) is 19.0 Å². The van der Waals surface area contributed by atoms with Crippen molar-refractivity contribution in [2.75, 3.05) is 4.90 Å². The van der Waals surface area contributed by atoms with Crippen molar-refractivity contribution in [3.8, 4) is 16.9 Å². The normalized spacial score (nSPS) is 17.2. The van der Waals surface area contributed by atoms with Crippen LogP contribution in [0.2, 0.25) is 4.34 Å². The molecule has 0 radical (unpaired) electrons. The van der Waals surface area contributed by atoms with Crippen LogP contribution in [0.4, 0.5) is 5.82 Å². The first kappa shape index (κ1) is 26.2. The molecule has 11 heteroatoms. The third kappa shape index (κ3) is 5.24. The monoisotopic (exact) mass is 574 g/mol. The van der Waals surface area contributed by atoms with E-state index in [1.54, 1.807) is 16.8 Å². The molecule has 6 rings (SSSR count). The van der Waals surface area contributed by atoms with Crippen LogP contribution in [0.1, 0.15) is 47.8 Å². The van der Waals surface area contributed by atoms with E-state index in [-0.39, 0.29) is 29.8 Å². The van der Waals surface area contributed by atoms with Crippen molar-refractivity contribution in [2.24, 2.45) is 11.8 Å². The first-order valence-corrected chi connectivity index (χ1v) is 14.3. The molecule has 204 valence electrons. The third-order valence-electron chi connectivity index (χ3n) is 7.42. The second-order valence-corrected chi connectivity index (χ2v) is 12.0. The van der Waals surface area contributed by atoms with E-state index in [1.165, 1.54) is 27.1 Å². The van der Waals surface area contributed by atoms with Crippen molar-refractivity contribution in [1.29, 1.82) is 0 Å². The minimum atomic E-state index is -1.14. The van der Waals surface area contributed by atoms with Crippen LogP contribution in [0.5, 0.6) is 0 Å². The van der Waals surface area contributed by atoms with E-state index in [4.69, 9.17) is 11.6 Å². The van der Waals surface area contributed by atoms with E-state index >= 15 is 0 Å². The topological polar surface area (TPSA) is 106 Å². The van der Waals surface area contributed by atoms with Crippen LogP contribution in [0.3, 0.4) is 0 Å². The number of carboxylic acids is 1. The van der Waals surface area contributed by atoms with E-state index in [1.807, 2.05) is 48.7 Å². The third-order valence-corrected chi connectivity index (χ3v) is 8.63. The van der Waals surface area contributed by atoms with Gasteiger partial charge >= 0.3 is 5.97 Å². The fourth-order valence-electron chi connectivity index (χ4n) is 5.18. The fourth-order valence-corrected chi connectivity index (χ4v) is 6.26. The summed E-state index contributed by atoms with van der Waals surface area (Å²) in [6.07, 6.45) is 8.54. The predicted octanol–water partition coefficient (Wildman–Crippen LogP) is 6.35. The number of carboxylic acid groups (broad SMARTS) is 1. The van der Waals surface area contributed by atoms with Crippen molar-refractivity contribution < 1.29 is 14.7 Å². The van der Waals surface area contributed by atoms with Crippen molar-refractivity contribution in [1.82, 2.24) is 24.4 Å². The lowest BCUT2D eigenvalue weighted by Gasteiger charge is -2.30. The quantitative estimate of drug-likeness (QED) is 0.243. The minimum absolute atomic E-state index is 0.0318. The van der Waals surface area contributed by atoms with E-state index < -0.39 is 5.97 Å². The van der Waals surface area contributed by atoms with Crippen molar-refractivity contribution >= 4 is 46.3 Å². The standard InChI is InChI=1S/C29H27ClN6O3S/c1-18-3-5-20(6-4-18)28(37)34(16-22-11-12-25(30)40-22)27-23(29(38)39)17-36(33-27)21-9-7-19(8-10-21)24-15-26-31-13-2-14-35(26)32-24/h2,7-15,17-18,20H,3-6,16H2,1H3,(H,38,39)/t18-,20-. The maximum Gasteiger partial charge on any atom is 0.341 e. The first-order chi connectivity index (χ1) is 19.4. The van der Waals surface area contributed by atoms with E-state index in [0.29, 0.717) is 15.9 Å². The maximum absolute atomic E-state index is 13.9. The van der Waals surface area contributed by atoms with Gasteiger partial charge in [-0.1, -0.05) is 30.7 Å². The number of fused-ring (bicyclic) bond motifs is 1. The highest BCUT2D eigenvalue weighted by molar-refractivity contribution is 7.16. The Balaban J connectivity index is 1.34. The van der Waals surface area contributed by atoms with Gasteiger partial charge in [-0.05, 0) is 61.9 Å². The van der Waals surface area contributed by atoms with Gasteiger partial charge in [0.25, 0.3) is 0 Å². The van der Waals surface area contributed by atoms with Crippen molar-refractivity contribution in [3.63, 3.8) is 0 Å². The zero-order valence-electron chi connectivity index (χ0n) is 21.8. The molecule has 1 aliphatic rings. The molecule has 5 aromatic rings. The van der Waals surface area contributed by atoms with Gasteiger partial charge in [-0.3, -0.25) is 9.69 Å². The molecule has 0 aliphatic heterocycles. The van der Waals surface area contributed by atoms with Gasteiger partial charge in [-0.2, -0.15) is 5.10 Å². The highest BCUT2D eigenvalue weighted by Gasteiger charge is 2.33. The first-order valence-electron chi connectivity index (χ1n) is 13.2. The van der Waals surface area contributed by atoms with Gasteiger partial charge in [0, 0.05) is 41.0 Å². The Morgan fingerprint density at radius 1 is 1.10 bits per heavy atom. The summed E-state index contributed by atoms with van der Waals surface area (Å²) in [5, 5.41) is 19.3. The molecule has 4 aromatic heterocycles. The number of halogens is 1. The molecular formula is C29H27ClN6O3S. The summed E-state index contributed by atoms with van der Waals surface area (Å²) < 4.78 is 3.83. The summed E-state index contributed by atoms with van der Waals surface area (Å²) in [6, 6.07) is 14.9. The van der Waals surface area contributed by atoms with E-state index in [0.717, 1.165) is 47.5 Å². The van der Waals surface area contributed by atoms with Gasteiger partial charge in [0.2, 0.25) is 5.91 Å². The van der Waals surface area contributed by atoms with E-state index in [9.17, 15) is 14.7 Å². The van der Waals surface area contributed by atoms with Crippen LogP contribution in [0.25, 0.3) is 22.6 Å². The Bertz CT molecular complexity index is 1650. The number of hydrogen-bond donors (Lipinski definition) is 1. The van der Waals surface area contributed by atoms with Crippen molar-refractivity contribution in [2.45, 2.75) is 39.2 Å². The number of anilines is 1. The van der Waals surface area contributed by atoms with Crippen LogP contribution >= 0.6 is 22.9 Å². The second kappa shape index (κ2) is 10.9. The van der Waals surface area contributed by atoms with E-state index in [2.05, 4.69) is 22.1 Å². The summed E-state index contributed by atoms with van der Waals surface area (Å²) in [5.41, 5.74) is 3.03. The Hall–Kier alpha value is -4.02. The number of hydrogen-bond acceptors (Lipinski definition) is 6. The molecule has 0 saturated heterocycles. The molecule has 1 aliphatic carbocycles. The SMILES string of the molecule is C[C@H]1CC[C@H](C(=O)N(Cc2ccc(Cl)s2)c2nn(-c3ccc(-c4cc5ncccn5n4)cc3)cc2C(=O)O)CC1. The molecule has 1 aromatic carbocycles. The number of thiophene rings is 1. The molecule has 9 nitrogen and oxygen atoms in total. The van der Waals surface area contributed by atoms with Gasteiger partial charge < -0.3 is 5.11 Å². The molecule has 0 bridgehead atoms. The van der Waals surface area contributed by atoms with Gasteiger partial charge in [0.1, 0.15) is 5.56 Å². The van der Waals surface area contributed by atoms with Crippen LogP contribution in [-0.4, -0.2) is 41.4 Å². The molecule has 1 fully saturated rings. The molecule has 4 heterocycles. The number of carbonyl (C=O) groups is 2. The zero-order chi connectivity index (χ0) is 27.8. The van der Waals surface area contributed by atoms with Crippen LogP contribution in [0.15, 0.2) is 67.1 Å². The van der Waals surface area contributed by atoms with Gasteiger partial charge in [0.05, 0.1) is 22.3 Å². The van der Waals surface area contributed by atoms with Gasteiger partial charge in [0.15, 0.2) is 11.5 Å². The number of benzene rings is 1. The lowest BCUT2D eigenvalue weighted by molar-refractivity contribution is -0.123. The molecule has 40 heavy (non-hydrogen) atoms. The fraction of sp³-hybridized carbons (Fsp3) is 0.276. The summed E-state index contributed by atoms with van der Waals surface area (Å²) in [7, 11) is 0. The van der Waals surface area contributed by atoms with Crippen LogP contribution in [0, 0.1) is 11.8 Å². The number of nitrogens with zero attached hydrogens (tertiary/aromatic N) is 6. The number of aromatic nitrogens is 5. The second-order valence-electron chi connectivity index (χ2n) is 10.2. The van der Waals surface area contributed by atoms with Gasteiger partial charge in [-0.15, -0.1) is 16.4 Å². The number of carbonyl (C=O) groups excluding carboxylic acids is 1. The molecule has 1 amide bonds. The average molecular weight is 575 g/mol. The summed E-state index contributed by atoms with van der Waals surface area (Å²) in [5.74, 6) is -0.690. The van der Waals surface area contributed by atoms with Crippen LogP contribution in [-0.2, 0) is 11.3 Å². The predicted molar refractivity (Wildman–Crippen MR) is 154 cm³/mol. The Morgan fingerprint density at radius 3 is 2.55 bits per heavy atom. The largest absolute Gasteiger partial charge is 0.477 e. The molecule has 0 spiro atoms. The minimum Gasteiger partial charge on any atom is -0.477 e. The Labute approximate surface area is 239 Å². The van der Waals surface area contributed by atoms with Crippen molar-refractivity contribution in [3.05, 3.63) is 81.9 Å². The summed E-state index contributed by atoms with van der Waals surface area (Å²) in [4.78, 5) is 32.9. The highest BCUT2D eigenvalue weighted by atomic mass is 35.5. The smallest absolute Gasteiger partial charge is 0.341 e. The zero-order valence-corrected chi connectivity index (χ0v) is 23.3. The number of aromatic carboxylic acids is 1. The molecule has 0 unspecified atom stereocenters. The van der Waals surface area contributed by atoms with Crippen LogP contribution < -0.4 is 4.90 Å². The molecule has 1 saturated carbocycles. The maximum atomic E-state index is 13.9. The molecule has 0 atom stereocenters. The summed E-state index contributed by atoms with van der Waals surface area (Å²) >= 11 is 7.54. The molecular weight excluding hydrogens is 548 g/mol. The Kier molecular flexibility index (Phi) is 7.12. The average Bonchev–Trinajstić information content (AvgIpc) is 3.70. The highest BCUT2D eigenvalue weighted by Crippen LogP contribution is 2.34.